The Morgan fingerprint density at radius 2 is 1.63 bits per heavy atom. The maximum atomic E-state index is 6.04. The quantitative estimate of drug-likeness (QED) is 0.600. The molecule has 0 aromatic heterocycles. The highest BCUT2D eigenvalue weighted by Gasteiger charge is 2.34. The average Bonchev–Trinajstić information content (AvgIpc) is 2.61. The largest absolute Gasteiger partial charge is 0.314 e. The highest BCUT2D eigenvalue weighted by Crippen LogP contribution is 2.45. The van der Waals surface area contributed by atoms with Gasteiger partial charge in [-0.3, -0.25) is 4.90 Å². The van der Waals surface area contributed by atoms with Crippen molar-refractivity contribution in [2.24, 2.45) is 5.92 Å². The molecule has 1 saturated carbocycles. The van der Waals surface area contributed by atoms with Gasteiger partial charge in [0, 0.05) is 47.0 Å². The van der Waals surface area contributed by atoms with Gasteiger partial charge in [0.15, 0.2) is 0 Å². The predicted molar refractivity (Wildman–Crippen MR) is 121 cm³/mol. The molecule has 2 aromatic carbocycles. The first kappa shape index (κ1) is 22.9. The molecule has 6 heteroatoms. The van der Waals surface area contributed by atoms with Gasteiger partial charge in [-0.2, -0.15) is 0 Å². The molecule has 1 saturated heterocycles. The van der Waals surface area contributed by atoms with Gasteiger partial charge in [-0.25, -0.2) is 0 Å². The SMILES string of the molecule is Cl.Cl.Clc1ccc(Sc2ccccc2[C@@H](C2CCC2)N2CCNCC2)cc1. The summed E-state index contributed by atoms with van der Waals surface area (Å²) in [6.45, 7) is 4.52. The summed E-state index contributed by atoms with van der Waals surface area (Å²) in [7, 11) is 0. The van der Waals surface area contributed by atoms with E-state index in [1.54, 1.807) is 0 Å². The lowest BCUT2D eigenvalue weighted by Crippen LogP contribution is -2.48. The lowest BCUT2D eigenvalue weighted by atomic mass is 9.76. The van der Waals surface area contributed by atoms with Crippen LogP contribution in [0.25, 0.3) is 0 Å². The van der Waals surface area contributed by atoms with Crippen LogP contribution in [0.5, 0.6) is 0 Å². The Bertz CT molecular complexity index is 701. The molecule has 1 atom stereocenters. The van der Waals surface area contributed by atoms with Gasteiger partial charge >= 0.3 is 0 Å². The van der Waals surface area contributed by atoms with Crippen molar-refractivity contribution in [3.63, 3.8) is 0 Å². The maximum absolute atomic E-state index is 6.04. The summed E-state index contributed by atoms with van der Waals surface area (Å²) in [5.41, 5.74) is 1.51. The molecule has 1 heterocycles. The molecule has 2 nitrogen and oxygen atoms in total. The lowest BCUT2D eigenvalue weighted by molar-refractivity contribution is 0.0820. The van der Waals surface area contributed by atoms with Gasteiger partial charge in [0.2, 0.25) is 0 Å². The summed E-state index contributed by atoms with van der Waals surface area (Å²) in [6, 6.07) is 17.8. The van der Waals surface area contributed by atoms with Crippen LogP contribution >= 0.6 is 48.2 Å². The number of nitrogens with zero attached hydrogens (tertiary/aromatic N) is 1. The molecule has 0 amide bonds. The van der Waals surface area contributed by atoms with E-state index in [9.17, 15) is 0 Å². The van der Waals surface area contributed by atoms with Gasteiger partial charge in [0.1, 0.15) is 0 Å². The van der Waals surface area contributed by atoms with Crippen LogP contribution in [-0.2, 0) is 0 Å². The van der Waals surface area contributed by atoms with Crippen LogP contribution in [0.4, 0.5) is 0 Å². The van der Waals surface area contributed by atoms with Crippen LogP contribution in [0.3, 0.4) is 0 Å². The first-order chi connectivity index (χ1) is 12.3. The van der Waals surface area contributed by atoms with Crippen LogP contribution in [0.1, 0.15) is 30.9 Å². The Kier molecular flexibility index (Phi) is 9.27. The summed E-state index contributed by atoms with van der Waals surface area (Å²) in [4.78, 5) is 5.35. The van der Waals surface area contributed by atoms with Crippen LogP contribution in [-0.4, -0.2) is 31.1 Å². The topological polar surface area (TPSA) is 15.3 Å². The van der Waals surface area contributed by atoms with Crippen LogP contribution < -0.4 is 5.32 Å². The molecule has 2 fully saturated rings. The third-order valence-electron chi connectivity index (χ3n) is 5.42. The monoisotopic (exact) mass is 444 g/mol. The first-order valence-electron chi connectivity index (χ1n) is 9.28. The number of hydrogen-bond donors (Lipinski definition) is 1. The van der Waals surface area contributed by atoms with Gasteiger partial charge in [0.05, 0.1) is 0 Å². The molecule has 27 heavy (non-hydrogen) atoms. The summed E-state index contributed by atoms with van der Waals surface area (Å²) >= 11 is 7.91. The van der Waals surface area contributed by atoms with E-state index >= 15 is 0 Å². The highest BCUT2D eigenvalue weighted by molar-refractivity contribution is 7.99. The number of nitrogens with one attached hydrogen (secondary N) is 1. The van der Waals surface area contributed by atoms with Gasteiger partial charge in [-0.1, -0.05) is 48.0 Å². The van der Waals surface area contributed by atoms with E-state index in [0.717, 1.165) is 37.1 Å². The van der Waals surface area contributed by atoms with Gasteiger partial charge in [-0.05, 0) is 54.7 Å². The van der Waals surface area contributed by atoms with Crippen molar-refractivity contribution in [3.05, 3.63) is 59.1 Å². The Morgan fingerprint density at radius 3 is 2.26 bits per heavy atom. The average molecular weight is 446 g/mol. The fraction of sp³-hybridized carbons (Fsp3) is 0.429. The molecule has 0 bridgehead atoms. The highest BCUT2D eigenvalue weighted by atomic mass is 35.5. The van der Waals surface area contributed by atoms with Crippen molar-refractivity contribution >= 4 is 48.2 Å². The summed E-state index contributed by atoms with van der Waals surface area (Å²) < 4.78 is 0. The van der Waals surface area contributed by atoms with E-state index in [0.29, 0.717) is 6.04 Å². The zero-order chi connectivity index (χ0) is 17.1. The second-order valence-corrected chi connectivity index (χ2v) is 8.57. The minimum Gasteiger partial charge on any atom is -0.314 e. The van der Waals surface area contributed by atoms with Crippen LogP contribution in [0.2, 0.25) is 5.02 Å². The van der Waals surface area contributed by atoms with Crippen molar-refractivity contribution < 1.29 is 0 Å². The number of piperazine rings is 1. The van der Waals surface area contributed by atoms with E-state index in [-0.39, 0.29) is 24.8 Å². The van der Waals surface area contributed by atoms with Gasteiger partial charge in [0.25, 0.3) is 0 Å². The van der Waals surface area contributed by atoms with Gasteiger partial charge < -0.3 is 5.32 Å². The van der Waals surface area contributed by atoms with E-state index in [4.69, 9.17) is 11.6 Å². The fourth-order valence-corrected chi connectivity index (χ4v) is 5.02. The summed E-state index contributed by atoms with van der Waals surface area (Å²) in [5.74, 6) is 0.810. The van der Waals surface area contributed by atoms with Crippen molar-refractivity contribution in [1.29, 1.82) is 0 Å². The Balaban J connectivity index is 0.00000131. The molecule has 0 unspecified atom stereocenters. The van der Waals surface area contributed by atoms with Crippen LogP contribution in [0.15, 0.2) is 58.3 Å². The Hall–Kier alpha value is -0.420. The maximum Gasteiger partial charge on any atom is 0.0406 e. The molecule has 1 N–H and O–H groups in total. The smallest absolute Gasteiger partial charge is 0.0406 e. The fourth-order valence-electron chi connectivity index (χ4n) is 3.91. The molecule has 0 spiro atoms. The Morgan fingerprint density at radius 1 is 0.963 bits per heavy atom. The zero-order valence-electron chi connectivity index (χ0n) is 15.3. The van der Waals surface area contributed by atoms with E-state index < -0.39 is 0 Å². The standard InChI is InChI=1S/C21H25ClN2S.2ClH/c22-17-8-10-18(11-9-17)25-20-7-2-1-6-19(20)21(16-4-3-5-16)24-14-12-23-13-15-24;;/h1-2,6-11,16,21,23H,3-5,12-15H2;2*1H/t21-;;/m1../s1. The minimum atomic E-state index is 0. The molecule has 4 rings (SSSR count). The van der Waals surface area contributed by atoms with Crippen molar-refractivity contribution in [2.45, 2.75) is 35.1 Å². The van der Waals surface area contributed by atoms with Crippen molar-refractivity contribution in [3.8, 4) is 0 Å². The predicted octanol–water partition coefficient (Wildman–Crippen LogP) is 6.08. The number of hydrogen-bond acceptors (Lipinski definition) is 3. The van der Waals surface area contributed by atoms with Crippen molar-refractivity contribution in [1.82, 2.24) is 10.2 Å². The summed E-state index contributed by atoms with van der Waals surface area (Å²) in [6.07, 6.45) is 4.13. The number of halogens is 3. The number of benzene rings is 2. The molecule has 1 aliphatic carbocycles. The van der Waals surface area contributed by atoms with Crippen LogP contribution in [0, 0.1) is 5.92 Å². The van der Waals surface area contributed by atoms with E-state index in [1.807, 2.05) is 23.9 Å². The van der Waals surface area contributed by atoms with E-state index in [1.165, 1.54) is 34.6 Å². The van der Waals surface area contributed by atoms with Gasteiger partial charge in [-0.15, -0.1) is 24.8 Å². The third-order valence-corrected chi connectivity index (χ3v) is 6.77. The normalized spacial score (nSPS) is 18.7. The molecule has 1 aliphatic heterocycles. The molecular weight excluding hydrogens is 419 g/mol. The second kappa shape index (κ2) is 10.9. The first-order valence-corrected chi connectivity index (χ1v) is 10.5. The molecule has 2 aliphatic rings. The molecule has 148 valence electrons. The number of rotatable bonds is 5. The minimum absolute atomic E-state index is 0. The lowest BCUT2D eigenvalue weighted by Gasteiger charge is -2.43. The molecule has 0 radical (unpaired) electrons. The second-order valence-electron chi connectivity index (χ2n) is 7.02. The Labute approximate surface area is 184 Å². The zero-order valence-corrected chi connectivity index (χ0v) is 18.5. The van der Waals surface area contributed by atoms with E-state index in [2.05, 4.69) is 46.6 Å². The van der Waals surface area contributed by atoms with Crippen molar-refractivity contribution in [2.75, 3.05) is 26.2 Å². The molecule has 2 aromatic rings. The molecular formula is C21H27Cl3N2S. The third kappa shape index (κ3) is 5.56. The summed E-state index contributed by atoms with van der Waals surface area (Å²) in [5, 5.41) is 4.29.